The van der Waals surface area contributed by atoms with Gasteiger partial charge in [-0.3, -0.25) is 5.43 Å². The first-order valence-corrected chi connectivity index (χ1v) is 8.36. The van der Waals surface area contributed by atoms with E-state index >= 15 is 0 Å². The number of hydrazone groups is 1. The Kier molecular flexibility index (Phi) is 4.23. The van der Waals surface area contributed by atoms with Gasteiger partial charge in [0.25, 0.3) is 0 Å². The summed E-state index contributed by atoms with van der Waals surface area (Å²) in [4.78, 5) is 4.43. The zero-order chi connectivity index (χ0) is 14.8. The third kappa shape index (κ3) is 3.25. The third-order valence-corrected chi connectivity index (χ3v) is 4.86. The number of rotatable bonds is 3. The molecule has 0 radical (unpaired) electrons. The fourth-order valence-corrected chi connectivity index (χ4v) is 3.78. The van der Waals surface area contributed by atoms with Crippen molar-refractivity contribution in [2.45, 2.75) is 0 Å². The van der Waals surface area contributed by atoms with Gasteiger partial charge < -0.3 is 5.11 Å². The molecule has 3 rings (SSSR count). The number of para-hydroxylation sites is 1. The summed E-state index contributed by atoms with van der Waals surface area (Å²) in [6, 6.07) is 11.5. The van der Waals surface area contributed by atoms with Gasteiger partial charge >= 0.3 is 0 Å². The number of fused-ring (bicyclic) bond motifs is 1. The number of phenols is 1. The van der Waals surface area contributed by atoms with Crippen LogP contribution in [0.4, 0.5) is 5.13 Å². The molecule has 21 heavy (non-hydrogen) atoms. The zero-order valence-electron chi connectivity index (χ0n) is 10.5. The summed E-state index contributed by atoms with van der Waals surface area (Å²) in [6.45, 7) is 0. The molecule has 2 N–H and O–H groups in total. The van der Waals surface area contributed by atoms with Crippen LogP contribution in [0.5, 0.6) is 5.75 Å². The van der Waals surface area contributed by atoms with Crippen molar-refractivity contribution in [1.82, 2.24) is 4.98 Å². The highest BCUT2D eigenvalue weighted by Crippen LogP contribution is 2.32. The first-order valence-electron chi connectivity index (χ1n) is 5.96. The van der Waals surface area contributed by atoms with E-state index in [1.807, 2.05) is 24.3 Å². The summed E-state index contributed by atoms with van der Waals surface area (Å²) < 4.78 is 2.34. The molecule has 0 bridgehead atoms. The van der Waals surface area contributed by atoms with Crippen LogP contribution in [-0.4, -0.2) is 16.3 Å². The quantitative estimate of drug-likeness (QED) is 0.459. The van der Waals surface area contributed by atoms with E-state index in [1.54, 1.807) is 29.7 Å². The normalized spacial score (nSPS) is 11.3. The van der Waals surface area contributed by atoms with Gasteiger partial charge in [-0.2, -0.15) is 5.10 Å². The van der Waals surface area contributed by atoms with Gasteiger partial charge in [-0.15, -0.1) is 0 Å². The lowest BCUT2D eigenvalue weighted by molar-refractivity contribution is 0.468. The minimum absolute atomic E-state index is 0.172. The van der Waals surface area contributed by atoms with Crippen LogP contribution in [0, 0.1) is 0 Å². The van der Waals surface area contributed by atoms with Crippen molar-refractivity contribution in [3.63, 3.8) is 0 Å². The smallest absolute Gasteiger partial charge is 0.204 e. The molecule has 0 saturated carbocycles. The predicted molar refractivity (Wildman–Crippen MR) is 94.3 cm³/mol. The average molecular weight is 427 g/mol. The number of hydrogen-bond acceptors (Lipinski definition) is 5. The summed E-state index contributed by atoms with van der Waals surface area (Å²) in [5.74, 6) is 0.172. The highest BCUT2D eigenvalue weighted by molar-refractivity contribution is 9.11. The van der Waals surface area contributed by atoms with Crippen LogP contribution in [0.2, 0.25) is 0 Å². The Morgan fingerprint density at radius 2 is 1.90 bits per heavy atom. The number of benzene rings is 2. The van der Waals surface area contributed by atoms with Crippen molar-refractivity contribution in [2.24, 2.45) is 5.10 Å². The molecule has 0 saturated heterocycles. The minimum Gasteiger partial charge on any atom is -0.506 e. The second-order valence-electron chi connectivity index (χ2n) is 4.19. The Hall–Kier alpha value is -1.44. The number of aromatic hydroxyl groups is 1. The van der Waals surface area contributed by atoms with Gasteiger partial charge in [-0.05, 0) is 61.7 Å². The van der Waals surface area contributed by atoms with Crippen molar-refractivity contribution in [3.8, 4) is 5.75 Å². The molecule has 0 amide bonds. The number of halogens is 2. The Labute approximate surface area is 141 Å². The van der Waals surface area contributed by atoms with Gasteiger partial charge in [0.05, 0.1) is 25.4 Å². The molecular weight excluding hydrogens is 418 g/mol. The molecule has 0 aliphatic rings. The molecule has 3 aromatic rings. The number of nitrogens with one attached hydrogen (secondary N) is 1. The van der Waals surface area contributed by atoms with Crippen LogP contribution in [0.15, 0.2) is 50.4 Å². The van der Waals surface area contributed by atoms with Gasteiger partial charge in [0.15, 0.2) is 0 Å². The molecule has 0 fully saturated rings. The number of hydrogen-bond donors (Lipinski definition) is 2. The highest BCUT2D eigenvalue weighted by atomic mass is 79.9. The highest BCUT2D eigenvalue weighted by Gasteiger charge is 2.05. The molecule has 0 unspecified atom stereocenters. The van der Waals surface area contributed by atoms with Crippen LogP contribution < -0.4 is 5.43 Å². The second kappa shape index (κ2) is 6.13. The summed E-state index contributed by atoms with van der Waals surface area (Å²) in [5, 5.41) is 14.6. The minimum atomic E-state index is 0.172. The number of thiazole rings is 1. The molecule has 0 aliphatic heterocycles. The Bertz CT molecular complexity index is 776. The Morgan fingerprint density at radius 1 is 1.19 bits per heavy atom. The third-order valence-electron chi connectivity index (χ3n) is 2.71. The van der Waals surface area contributed by atoms with E-state index in [0.717, 1.165) is 20.9 Å². The van der Waals surface area contributed by atoms with Gasteiger partial charge in [0, 0.05) is 0 Å². The Morgan fingerprint density at radius 3 is 2.62 bits per heavy atom. The van der Waals surface area contributed by atoms with Crippen LogP contribution in [0.3, 0.4) is 0 Å². The molecule has 1 heterocycles. The van der Waals surface area contributed by atoms with E-state index in [9.17, 15) is 5.11 Å². The van der Waals surface area contributed by atoms with Crippen LogP contribution in [0.25, 0.3) is 10.2 Å². The fraction of sp³-hybridized carbons (Fsp3) is 0. The first-order chi connectivity index (χ1) is 10.1. The second-order valence-corrected chi connectivity index (χ2v) is 6.93. The van der Waals surface area contributed by atoms with Gasteiger partial charge in [-0.1, -0.05) is 23.5 Å². The summed E-state index contributed by atoms with van der Waals surface area (Å²) in [7, 11) is 0. The van der Waals surface area contributed by atoms with Crippen LogP contribution in [-0.2, 0) is 0 Å². The predicted octanol–water partition coefficient (Wildman–Crippen LogP) is 4.97. The number of aromatic nitrogens is 1. The molecule has 7 heteroatoms. The lowest BCUT2D eigenvalue weighted by Gasteiger charge is -2.01. The maximum absolute atomic E-state index is 9.65. The summed E-state index contributed by atoms with van der Waals surface area (Å²) in [6.07, 6.45) is 1.67. The lowest BCUT2D eigenvalue weighted by Crippen LogP contribution is -1.90. The molecule has 1 aromatic heterocycles. The zero-order valence-corrected chi connectivity index (χ0v) is 14.5. The van der Waals surface area contributed by atoms with Crippen LogP contribution in [0.1, 0.15) is 5.56 Å². The van der Waals surface area contributed by atoms with E-state index < -0.39 is 0 Å². The Balaban J connectivity index is 1.77. The summed E-state index contributed by atoms with van der Waals surface area (Å²) in [5.41, 5.74) is 4.72. The molecular formula is C14H9Br2N3OS. The number of nitrogens with zero attached hydrogens (tertiary/aromatic N) is 2. The molecule has 4 nitrogen and oxygen atoms in total. The van der Waals surface area contributed by atoms with Gasteiger partial charge in [0.2, 0.25) is 5.13 Å². The first kappa shape index (κ1) is 14.5. The summed E-state index contributed by atoms with van der Waals surface area (Å²) >= 11 is 8.12. The monoisotopic (exact) mass is 425 g/mol. The molecule has 0 atom stereocenters. The van der Waals surface area contributed by atoms with E-state index in [2.05, 4.69) is 47.4 Å². The lowest BCUT2D eigenvalue weighted by atomic mass is 10.2. The number of anilines is 1. The largest absolute Gasteiger partial charge is 0.506 e. The van der Waals surface area contributed by atoms with Crippen molar-refractivity contribution in [1.29, 1.82) is 0 Å². The van der Waals surface area contributed by atoms with Crippen molar-refractivity contribution >= 4 is 64.8 Å². The van der Waals surface area contributed by atoms with Crippen molar-refractivity contribution in [3.05, 3.63) is 50.9 Å². The van der Waals surface area contributed by atoms with E-state index in [-0.39, 0.29) is 5.75 Å². The SMILES string of the molecule is Oc1c(Br)cc(C=NNc2nc3ccccc3s2)cc1Br. The molecule has 0 aliphatic carbocycles. The maximum atomic E-state index is 9.65. The van der Waals surface area contributed by atoms with Gasteiger partial charge in [-0.25, -0.2) is 4.98 Å². The van der Waals surface area contributed by atoms with E-state index in [0.29, 0.717) is 8.95 Å². The molecule has 0 spiro atoms. The molecule has 2 aromatic carbocycles. The van der Waals surface area contributed by atoms with Crippen LogP contribution >= 0.6 is 43.2 Å². The van der Waals surface area contributed by atoms with Crippen molar-refractivity contribution in [2.75, 3.05) is 5.43 Å². The van der Waals surface area contributed by atoms with E-state index in [4.69, 9.17) is 0 Å². The standard InChI is InChI=1S/C14H9Br2N3OS/c15-9-5-8(6-10(16)13(9)20)7-17-19-14-18-11-3-1-2-4-12(11)21-14/h1-7,20H,(H,18,19). The number of phenolic OH excluding ortho intramolecular Hbond substituents is 1. The van der Waals surface area contributed by atoms with E-state index in [1.165, 1.54) is 0 Å². The van der Waals surface area contributed by atoms with Gasteiger partial charge in [0.1, 0.15) is 5.75 Å². The fourth-order valence-electron chi connectivity index (χ4n) is 1.74. The topological polar surface area (TPSA) is 57.5 Å². The average Bonchev–Trinajstić information content (AvgIpc) is 2.87. The molecule has 106 valence electrons. The van der Waals surface area contributed by atoms with Crippen molar-refractivity contribution < 1.29 is 5.11 Å². The maximum Gasteiger partial charge on any atom is 0.204 e.